The van der Waals surface area contributed by atoms with Gasteiger partial charge in [-0.1, -0.05) is 29.8 Å². The molecular formula is C23H22ClN3O6. The number of urea groups is 1. The molecule has 1 atom stereocenters. The van der Waals surface area contributed by atoms with E-state index in [2.05, 4.69) is 10.6 Å². The second-order valence-corrected chi connectivity index (χ2v) is 7.68. The fraction of sp³-hybridized carbons (Fsp3) is 0.261. The summed E-state index contributed by atoms with van der Waals surface area (Å²) in [5.74, 6) is 0.0127. The quantitative estimate of drug-likeness (QED) is 0.600. The summed E-state index contributed by atoms with van der Waals surface area (Å²) in [6.07, 6.45) is 0. The Balaban J connectivity index is 1.59. The van der Waals surface area contributed by atoms with Gasteiger partial charge in [0.25, 0.3) is 0 Å². The van der Waals surface area contributed by atoms with Crippen LogP contribution in [-0.4, -0.2) is 49.7 Å². The fourth-order valence-corrected chi connectivity index (χ4v) is 4.06. The van der Waals surface area contributed by atoms with Crippen molar-refractivity contribution in [2.24, 2.45) is 0 Å². The number of carbonyl (C=O) groups excluding carboxylic acids is 3. The molecule has 2 aromatic rings. The molecule has 0 bridgehead atoms. The molecule has 0 unspecified atom stereocenters. The van der Waals surface area contributed by atoms with E-state index in [9.17, 15) is 14.4 Å². The Kier molecular flexibility index (Phi) is 6.41. The largest absolute Gasteiger partial charge is 0.495 e. The van der Waals surface area contributed by atoms with Crippen LogP contribution >= 0.6 is 11.6 Å². The second kappa shape index (κ2) is 9.41. The number of halogens is 1. The second-order valence-electron chi connectivity index (χ2n) is 7.27. The van der Waals surface area contributed by atoms with Gasteiger partial charge in [0.05, 0.1) is 36.1 Å². The molecule has 9 nitrogen and oxygen atoms in total. The number of amides is 3. The molecule has 0 saturated carbocycles. The maximum absolute atomic E-state index is 13.0. The molecule has 2 aliphatic heterocycles. The molecule has 0 aromatic heterocycles. The highest BCUT2D eigenvalue weighted by Crippen LogP contribution is 2.38. The summed E-state index contributed by atoms with van der Waals surface area (Å²) in [5.41, 5.74) is 1.71. The Hall–Kier alpha value is -3.72. The number of benzene rings is 2. The number of esters is 1. The first-order valence-electron chi connectivity index (χ1n) is 10.3. The zero-order chi connectivity index (χ0) is 23.5. The fourth-order valence-electron chi connectivity index (χ4n) is 3.81. The van der Waals surface area contributed by atoms with Gasteiger partial charge in [-0.3, -0.25) is 9.69 Å². The van der Waals surface area contributed by atoms with Gasteiger partial charge in [-0.05, 0) is 31.2 Å². The van der Waals surface area contributed by atoms with E-state index in [1.54, 1.807) is 36.4 Å². The predicted molar refractivity (Wildman–Crippen MR) is 120 cm³/mol. The van der Waals surface area contributed by atoms with Crippen LogP contribution in [0, 0.1) is 0 Å². The highest BCUT2D eigenvalue weighted by Gasteiger charge is 2.43. The summed E-state index contributed by atoms with van der Waals surface area (Å²) in [6, 6.07) is 10.7. The number of hydrogen-bond acceptors (Lipinski definition) is 6. The molecule has 0 spiro atoms. The summed E-state index contributed by atoms with van der Waals surface area (Å²) in [6.45, 7) is 1.86. The predicted octanol–water partition coefficient (Wildman–Crippen LogP) is 3.26. The van der Waals surface area contributed by atoms with E-state index in [0.29, 0.717) is 40.1 Å². The van der Waals surface area contributed by atoms with Gasteiger partial charge in [0.1, 0.15) is 24.7 Å². The van der Waals surface area contributed by atoms with E-state index in [-0.39, 0.29) is 18.7 Å². The Labute approximate surface area is 195 Å². The SMILES string of the molecule is CCOc1ccccc1[C@H]1NC(=O)N(CC(=O)Nc2ccc(OC)c(Cl)c2)C2=C1C(=O)OC2. The third kappa shape index (κ3) is 4.45. The third-order valence-corrected chi connectivity index (χ3v) is 5.56. The molecule has 10 heteroatoms. The third-order valence-electron chi connectivity index (χ3n) is 5.27. The number of methoxy groups -OCH3 is 1. The molecule has 172 valence electrons. The first-order valence-corrected chi connectivity index (χ1v) is 10.6. The average Bonchev–Trinajstić information content (AvgIpc) is 3.18. The van der Waals surface area contributed by atoms with Crippen molar-refractivity contribution in [3.63, 3.8) is 0 Å². The van der Waals surface area contributed by atoms with E-state index in [1.165, 1.54) is 12.0 Å². The van der Waals surface area contributed by atoms with Crippen LogP contribution in [0.1, 0.15) is 18.5 Å². The van der Waals surface area contributed by atoms with Crippen LogP contribution in [0.25, 0.3) is 0 Å². The number of nitrogens with zero attached hydrogens (tertiary/aromatic N) is 1. The molecular weight excluding hydrogens is 450 g/mol. The Morgan fingerprint density at radius 2 is 2.03 bits per heavy atom. The highest BCUT2D eigenvalue weighted by atomic mass is 35.5. The van der Waals surface area contributed by atoms with Gasteiger partial charge in [0, 0.05) is 11.3 Å². The molecule has 2 N–H and O–H groups in total. The van der Waals surface area contributed by atoms with Gasteiger partial charge in [-0.2, -0.15) is 0 Å². The Morgan fingerprint density at radius 1 is 1.24 bits per heavy atom. The van der Waals surface area contributed by atoms with Crippen LogP contribution < -0.4 is 20.1 Å². The zero-order valence-corrected chi connectivity index (χ0v) is 18.8. The van der Waals surface area contributed by atoms with E-state index >= 15 is 0 Å². The van der Waals surface area contributed by atoms with Crippen LogP contribution in [-0.2, 0) is 14.3 Å². The van der Waals surface area contributed by atoms with Gasteiger partial charge in [0.15, 0.2) is 0 Å². The summed E-state index contributed by atoms with van der Waals surface area (Å²) in [4.78, 5) is 39.4. The molecule has 2 heterocycles. The van der Waals surface area contributed by atoms with Crippen LogP contribution in [0.5, 0.6) is 11.5 Å². The lowest BCUT2D eigenvalue weighted by atomic mass is 9.95. The first-order chi connectivity index (χ1) is 15.9. The Morgan fingerprint density at radius 3 is 2.76 bits per heavy atom. The number of nitrogens with one attached hydrogen (secondary N) is 2. The molecule has 0 fully saturated rings. The lowest BCUT2D eigenvalue weighted by molar-refractivity contribution is -0.136. The van der Waals surface area contributed by atoms with Crippen LogP contribution in [0.4, 0.5) is 10.5 Å². The molecule has 3 amide bonds. The minimum atomic E-state index is -0.745. The van der Waals surface area contributed by atoms with Gasteiger partial charge in [-0.15, -0.1) is 0 Å². The number of rotatable bonds is 7. The van der Waals surface area contributed by atoms with Crippen molar-refractivity contribution in [1.29, 1.82) is 0 Å². The summed E-state index contributed by atoms with van der Waals surface area (Å²) >= 11 is 6.10. The topological polar surface area (TPSA) is 106 Å². The smallest absolute Gasteiger partial charge is 0.338 e. The summed E-state index contributed by atoms with van der Waals surface area (Å²) < 4.78 is 16.0. The van der Waals surface area contributed by atoms with E-state index in [4.69, 9.17) is 25.8 Å². The van der Waals surface area contributed by atoms with E-state index in [0.717, 1.165) is 0 Å². The number of cyclic esters (lactones) is 1. The molecule has 4 rings (SSSR count). The first kappa shape index (κ1) is 22.5. The molecule has 0 radical (unpaired) electrons. The summed E-state index contributed by atoms with van der Waals surface area (Å²) in [7, 11) is 1.49. The van der Waals surface area contributed by atoms with Gasteiger partial charge in [0.2, 0.25) is 5.91 Å². The number of anilines is 1. The summed E-state index contributed by atoms with van der Waals surface area (Å²) in [5, 5.41) is 5.84. The average molecular weight is 472 g/mol. The molecule has 0 aliphatic carbocycles. The molecule has 2 aromatic carbocycles. The number of ether oxygens (including phenoxy) is 3. The van der Waals surface area contributed by atoms with Crippen molar-refractivity contribution >= 4 is 35.2 Å². The minimum Gasteiger partial charge on any atom is -0.495 e. The Bertz CT molecular complexity index is 1150. The van der Waals surface area contributed by atoms with Crippen molar-refractivity contribution in [2.45, 2.75) is 13.0 Å². The maximum Gasteiger partial charge on any atom is 0.338 e. The number of para-hydroxylation sites is 1. The van der Waals surface area contributed by atoms with Gasteiger partial charge < -0.3 is 24.8 Å². The number of hydrogen-bond donors (Lipinski definition) is 2. The lowest BCUT2D eigenvalue weighted by Gasteiger charge is -2.33. The van der Waals surface area contributed by atoms with Crippen LogP contribution in [0.2, 0.25) is 5.02 Å². The van der Waals surface area contributed by atoms with Crippen molar-refractivity contribution in [3.8, 4) is 11.5 Å². The molecule has 0 saturated heterocycles. The van der Waals surface area contributed by atoms with Crippen molar-refractivity contribution in [2.75, 3.05) is 32.2 Å². The van der Waals surface area contributed by atoms with Gasteiger partial charge >= 0.3 is 12.0 Å². The lowest BCUT2D eigenvalue weighted by Crippen LogP contribution is -2.49. The van der Waals surface area contributed by atoms with Gasteiger partial charge in [-0.25, -0.2) is 9.59 Å². The number of carbonyl (C=O) groups is 3. The highest BCUT2D eigenvalue weighted by molar-refractivity contribution is 6.32. The van der Waals surface area contributed by atoms with Crippen molar-refractivity contribution < 1.29 is 28.6 Å². The maximum atomic E-state index is 13.0. The van der Waals surface area contributed by atoms with Crippen LogP contribution in [0.15, 0.2) is 53.7 Å². The molecule has 2 aliphatic rings. The van der Waals surface area contributed by atoms with E-state index < -0.39 is 23.9 Å². The minimum absolute atomic E-state index is 0.101. The molecule has 33 heavy (non-hydrogen) atoms. The zero-order valence-electron chi connectivity index (χ0n) is 18.0. The van der Waals surface area contributed by atoms with Crippen molar-refractivity contribution in [1.82, 2.24) is 10.2 Å². The van der Waals surface area contributed by atoms with Crippen LogP contribution in [0.3, 0.4) is 0 Å². The standard InChI is InChI=1S/C23H22ClN3O6/c1-3-32-17-7-5-4-6-14(17)21-20-16(12-33-22(20)29)27(23(30)26-21)11-19(28)25-13-8-9-18(31-2)15(24)10-13/h4-10,21H,3,11-12H2,1-2H3,(H,25,28)(H,26,30)/t21-/m1/s1. The normalized spacial score (nSPS) is 17.3. The van der Waals surface area contributed by atoms with E-state index in [1.807, 2.05) is 13.0 Å². The van der Waals surface area contributed by atoms with Crippen molar-refractivity contribution in [3.05, 3.63) is 64.3 Å². The monoisotopic (exact) mass is 471 g/mol.